The van der Waals surface area contributed by atoms with E-state index in [1.165, 1.54) is 11.1 Å². The lowest BCUT2D eigenvalue weighted by molar-refractivity contribution is 0.987. The maximum Gasteiger partial charge on any atom is 0.171 e. The van der Waals surface area contributed by atoms with Crippen LogP contribution in [0.15, 0.2) is 42.5 Å². The number of rotatable bonds is 6. The fraction of sp³-hybridized carbons (Fsp3) is 0.294. The van der Waals surface area contributed by atoms with E-state index in [2.05, 4.69) is 46.8 Å². The smallest absolute Gasteiger partial charge is 0.171 e. The molecule has 0 unspecified atom stereocenters. The van der Waals surface area contributed by atoms with Crippen LogP contribution in [0.2, 0.25) is 0 Å². The van der Waals surface area contributed by atoms with Gasteiger partial charge in [-0.3, -0.25) is 0 Å². The fourth-order valence-corrected chi connectivity index (χ4v) is 2.91. The predicted molar refractivity (Wildman–Crippen MR) is 101 cm³/mol. The Morgan fingerprint density at radius 1 is 1.14 bits per heavy atom. The SMILES string of the molecule is Cc1ccc(CSCCNC(=S)Nc2cccc(C)n2)cc1. The molecule has 0 bridgehead atoms. The summed E-state index contributed by atoms with van der Waals surface area (Å²) >= 11 is 7.16. The summed E-state index contributed by atoms with van der Waals surface area (Å²) in [5.74, 6) is 2.82. The number of hydrogen-bond acceptors (Lipinski definition) is 3. The van der Waals surface area contributed by atoms with Crippen LogP contribution < -0.4 is 10.6 Å². The first-order valence-corrected chi connectivity index (χ1v) is 8.81. The number of nitrogens with one attached hydrogen (secondary N) is 2. The third kappa shape index (κ3) is 6.03. The zero-order chi connectivity index (χ0) is 15.8. The molecule has 0 saturated heterocycles. The van der Waals surface area contributed by atoms with E-state index in [4.69, 9.17) is 12.2 Å². The van der Waals surface area contributed by atoms with Crippen molar-refractivity contribution in [1.82, 2.24) is 10.3 Å². The van der Waals surface area contributed by atoms with Gasteiger partial charge >= 0.3 is 0 Å². The first kappa shape index (κ1) is 16.8. The summed E-state index contributed by atoms with van der Waals surface area (Å²) < 4.78 is 0. The number of thiocarbonyl (C=S) groups is 1. The van der Waals surface area contributed by atoms with Crippen molar-refractivity contribution in [3.8, 4) is 0 Å². The third-order valence-electron chi connectivity index (χ3n) is 3.05. The summed E-state index contributed by atoms with van der Waals surface area (Å²) in [5, 5.41) is 6.92. The Balaban J connectivity index is 1.62. The molecule has 0 fully saturated rings. The molecule has 0 aliphatic heterocycles. The Morgan fingerprint density at radius 2 is 1.91 bits per heavy atom. The molecule has 22 heavy (non-hydrogen) atoms. The minimum atomic E-state index is 0.619. The maximum absolute atomic E-state index is 5.27. The van der Waals surface area contributed by atoms with Crippen molar-refractivity contribution in [1.29, 1.82) is 0 Å². The van der Waals surface area contributed by atoms with E-state index in [0.29, 0.717) is 5.11 Å². The number of nitrogens with zero attached hydrogens (tertiary/aromatic N) is 1. The molecule has 1 heterocycles. The first-order valence-electron chi connectivity index (χ1n) is 7.25. The average Bonchev–Trinajstić information content (AvgIpc) is 2.49. The lowest BCUT2D eigenvalue weighted by atomic mass is 10.2. The van der Waals surface area contributed by atoms with Gasteiger partial charge < -0.3 is 10.6 Å². The summed E-state index contributed by atoms with van der Waals surface area (Å²) in [5.41, 5.74) is 3.64. The quantitative estimate of drug-likeness (QED) is 0.620. The van der Waals surface area contributed by atoms with Gasteiger partial charge in [-0.25, -0.2) is 4.98 Å². The lowest BCUT2D eigenvalue weighted by Gasteiger charge is -2.10. The third-order valence-corrected chi connectivity index (χ3v) is 4.33. The molecule has 1 aromatic heterocycles. The zero-order valence-electron chi connectivity index (χ0n) is 12.9. The number of hydrogen-bond donors (Lipinski definition) is 2. The monoisotopic (exact) mass is 331 g/mol. The van der Waals surface area contributed by atoms with Crippen LogP contribution in [0.5, 0.6) is 0 Å². The van der Waals surface area contributed by atoms with E-state index < -0.39 is 0 Å². The summed E-state index contributed by atoms with van der Waals surface area (Å²) in [4.78, 5) is 4.36. The van der Waals surface area contributed by atoms with Gasteiger partial charge in [0, 0.05) is 23.7 Å². The van der Waals surface area contributed by atoms with E-state index in [1.54, 1.807) is 0 Å². The number of thioether (sulfide) groups is 1. The summed E-state index contributed by atoms with van der Waals surface area (Å²) in [7, 11) is 0. The topological polar surface area (TPSA) is 37.0 Å². The predicted octanol–water partition coefficient (Wildman–Crippen LogP) is 3.92. The van der Waals surface area contributed by atoms with Gasteiger partial charge in [0.25, 0.3) is 0 Å². The summed E-state index contributed by atoms with van der Waals surface area (Å²) in [6.07, 6.45) is 0. The van der Waals surface area contributed by atoms with Crippen molar-refractivity contribution in [2.24, 2.45) is 0 Å². The van der Waals surface area contributed by atoms with Gasteiger partial charge in [-0.15, -0.1) is 0 Å². The van der Waals surface area contributed by atoms with Gasteiger partial charge in [-0.05, 0) is 43.8 Å². The Kier molecular flexibility index (Phi) is 6.68. The first-order chi connectivity index (χ1) is 10.6. The molecule has 1 aromatic carbocycles. The molecule has 3 nitrogen and oxygen atoms in total. The van der Waals surface area contributed by atoms with Crippen molar-refractivity contribution in [3.63, 3.8) is 0 Å². The van der Waals surface area contributed by atoms with Crippen LogP contribution in [0.25, 0.3) is 0 Å². The Hall–Kier alpha value is -1.59. The van der Waals surface area contributed by atoms with Crippen LogP contribution in [-0.4, -0.2) is 22.4 Å². The van der Waals surface area contributed by atoms with Crippen LogP contribution in [0.1, 0.15) is 16.8 Å². The largest absolute Gasteiger partial charge is 0.362 e. The molecule has 0 amide bonds. The van der Waals surface area contributed by atoms with Crippen LogP contribution >= 0.6 is 24.0 Å². The van der Waals surface area contributed by atoms with Crippen LogP contribution in [0, 0.1) is 13.8 Å². The molecular weight excluding hydrogens is 310 g/mol. The maximum atomic E-state index is 5.27. The van der Waals surface area contributed by atoms with E-state index >= 15 is 0 Å². The standard InChI is InChI=1S/C17H21N3S2/c1-13-6-8-15(9-7-13)12-22-11-10-18-17(21)20-16-5-3-4-14(2)19-16/h3-9H,10-12H2,1-2H3,(H2,18,19,20,21). The number of anilines is 1. The van der Waals surface area contributed by atoms with Gasteiger partial charge in [0.05, 0.1) is 0 Å². The Bertz CT molecular complexity index is 612. The highest BCUT2D eigenvalue weighted by atomic mass is 32.2. The zero-order valence-corrected chi connectivity index (χ0v) is 14.6. The van der Waals surface area contributed by atoms with Gasteiger partial charge in [0.15, 0.2) is 5.11 Å². The second-order valence-electron chi connectivity index (χ2n) is 5.08. The molecule has 116 valence electrons. The molecule has 2 aromatic rings. The van der Waals surface area contributed by atoms with E-state index in [0.717, 1.165) is 29.6 Å². The molecule has 0 aliphatic rings. The second kappa shape index (κ2) is 8.76. The molecule has 2 rings (SSSR count). The number of aryl methyl sites for hydroxylation is 2. The molecule has 0 atom stereocenters. The number of benzene rings is 1. The normalized spacial score (nSPS) is 10.3. The van der Waals surface area contributed by atoms with Crippen molar-refractivity contribution in [2.75, 3.05) is 17.6 Å². The fourth-order valence-electron chi connectivity index (χ4n) is 1.88. The van der Waals surface area contributed by atoms with Gasteiger partial charge in [0.2, 0.25) is 0 Å². The van der Waals surface area contributed by atoms with Crippen molar-refractivity contribution in [3.05, 3.63) is 59.3 Å². The lowest BCUT2D eigenvalue weighted by Crippen LogP contribution is -2.30. The van der Waals surface area contributed by atoms with Crippen molar-refractivity contribution >= 4 is 34.9 Å². The van der Waals surface area contributed by atoms with Crippen LogP contribution in [0.3, 0.4) is 0 Å². The molecule has 5 heteroatoms. The summed E-state index contributed by atoms with van der Waals surface area (Å²) in [6.45, 7) is 4.91. The molecule has 0 radical (unpaired) electrons. The average molecular weight is 332 g/mol. The van der Waals surface area contributed by atoms with E-state index in [1.807, 2.05) is 36.9 Å². The summed E-state index contributed by atoms with van der Waals surface area (Å²) in [6, 6.07) is 14.5. The Labute approximate surface area is 141 Å². The molecular formula is C17H21N3S2. The molecule has 0 aliphatic carbocycles. The number of pyridine rings is 1. The Morgan fingerprint density at radius 3 is 2.64 bits per heavy atom. The van der Waals surface area contributed by atoms with Gasteiger partial charge in [0.1, 0.15) is 5.82 Å². The van der Waals surface area contributed by atoms with E-state index in [-0.39, 0.29) is 0 Å². The highest BCUT2D eigenvalue weighted by Gasteiger charge is 1.99. The van der Waals surface area contributed by atoms with Crippen molar-refractivity contribution < 1.29 is 0 Å². The highest BCUT2D eigenvalue weighted by Crippen LogP contribution is 2.12. The molecule has 2 N–H and O–H groups in total. The van der Waals surface area contributed by atoms with Gasteiger partial charge in [-0.1, -0.05) is 35.9 Å². The minimum absolute atomic E-state index is 0.619. The number of aromatic nitrogens is 1. The van der Waals surface area contributed by atoms with Crippen LogP contribution in [0.4, 0.5) is 5.82 Å². The highest BCUT2D eigenvalue weighted by molar-refractivity contribution is 7.98. The molecule has 0 spiro atoms. The molecule has 0 saturated carbocycles. The van der Waals surface area contributed by atoms with Gasteiger partial charge in [-0.2, -0.15) is 11.8 Å². The van der Waals surface area contributed by atoms with E-state index in [9.17, 15) is 0 Å². The second-order valence-corrected chi connectivity index (χ2v) is 6.60. The van der Waals surface area contributed by atoms with Crippen LogP contribution in [-0.2, 0) is 5.75 Å². The van der Waals surface area contributed by atoms with Crippen molar-refractivity contribution in [2.45, 2.75) is 19.6 Å². The minimum Gasteiger partial charge on any atom is -0.362 e.